The Labute approximate surface area is 385 Å². The van der Waals surface area contributed by atoms with Gasteiger partial charge in [-0.25, -0.2) is 0 Å². The molecule has 2 atom stereocenters. The molecule has 8 nitrogen and oxygen atoms in total. The number of carbonyl (C=O) groups is 1. The van der Waals surface area contributed by atoms with Gasteiger partial charge < -0.3 is 27.9 Å². The Kier molecular flexibility index (Phi) is 45.7. The summed E-state index contributed by atoms with van der Waals surface area (Å²) >= 11 is 0. The Balaban J connectivity index is 4.11. The Morgan fingerprint density at radius 2 is 0.887 bits per heavy atom. The molecule has 0 radical (unpaired) electrons. The first-order valence-corrected chi connectivity index (χ1v) is 28.0. The van der Waals surface area contributed by atoms with Gasteiger partial charge in [0.15, 0.2) is 0 Å². The number of rotatable bonds is 50. The van der Waals surface area contributed by atoms with Crippen molar-refractivity contribution in [2.45, 2.75) is 258 Å². The lowest BCUT2D eigenvalue weighted by atomic mass is 10.0. The summed E-state index contributed by atoms with van der Waals surface area (Å²) in [5.41, 5.74) is 0. The number of unbranched alkanes of at least 4 members (excludes halogenated alkanes) is 32. The van der Waals surface area contributed by atoms with Crippen molar-refractivity contribution in [3.05, 3.63) is 24.3 Å². The summed E-state index contributed by atoms with van der Waals surface area (Å²) in [4.78, 5) is 25.2. The summed E-state index contributed by atoms with van der Waals surface area (Å²) in [7, 11) is 1.37. The lowest BCUT2D eigenvalue weighted by Gasteiger charge is -2.28. The summed E-state index contributed by atoms with van der Waals surface area (Å²) < 4.78 is 34.8. The zero-order valence-electron chi connectivity index (χ0n) is 41.8. The minimum atomic E-state index is -4.53. The molecule has 0 heterocycles. The maximum Gasteiger partial charge on any atom is 0.306 e. The highest BCUT2D eigenvalue weighted by Crippen LogP contribution is 2.38. The highest BCUT2D eigenvalue weighted by Gasteiger charge is 2.20. The fourth-order valence-corrected chi connectivity index (χ4v) is 8.37. The van der Waals surface area contributed by atoms with Crippen LogP contribution in [0.25, 0.3) is 0 Å². The number of allylic oxidation sites excluding steroid dienone is 4. The van der Waals surface area contributed by atoms with Crippen LogP contribution in [-0.4, -0.2) is 70.7 Å². The largest absolute Gasteiger partial charge is 0.756 e. The third kappa shape index (κ3) is 50.0. The minimum absolute atomic E-state index is 0.0277. The lowest BCUT2D eigenvalue weighted by Crippen LogP contribution is -2.37. The van der Waals surface area contributed by atoms with Crippen LogP contribution in [0.15, 0.2) is 24.3 Å². The summed E-state index contributed by atoms with van der Waals surface area (Å²) in [5, 5.41) is 0. The topological polar surface area (TPSA) is 94.1 Å². The zero-order valence-corrected chi connectivity index (χ0v) is 42.7. The first-order chi connectivity index (χ1) is 30.1. The second kappa shape index (κ2) is 46.5. The second-order valence-electron chi connectivity index (χ2n) is 19.2. The fourth-order valence-electron chi connectivity index (χ4n) is 7.64. The number of hydrogen-bond donors (Lipinski definition) is 0. The van der Waals surface area contributed by atoms with E-state index < -0.39 is 13.9 Å². The van der Waals surface area contributed by atoms with Crippen LogP contribution in [0.2, 0.25) is 0 Å². The van der Waals surface area contributed by atoms with Gasteiger partial charge >= 0.3 is 5.97 Å². The molecule has 0 fully saturated rings. The molecule has 0 aromatic carbocycles. The van der Waals surface area contributed by atoms with Gasteiger partial charge in [0.1, 0.15) is 19.3 Å². The summed E-state index contributed by atoms with van der Waals surface area (Å²) in [6, 6.07) is 0. The number of ether oxygens (including phenoxy) is 2. The van der Waals surface area contributed by atoms with Gasteiger partial charge in [0, 0.05) is 13.0 Å². The molecular formula is C53H104NO7P. The lowest BCUT2D eigenvalue weighted by molar-refractivity contribution is -0.870. The highest BCUT2D eigenvalue weighted by molar-refractivity contribution is 7.45. The molecule has 0 aliphatic rings. The van der Waals surface area contributed by atoms with E-state index in [2.05, 4.69) is 38.2 Å². The molecule has 0 aromatic heterocycles. The Bertz CT molecular complexity index is 1050. The predicted molar refractivity (Wildman–Crippen MR) is 264 cm³/mol. The van der Waals surface area contributed by atoms with Gasteiger partial charge in [-0.15, -0.1) is 0 Å². The van der Waals surface area contributed by atoms with Crippen LogP contribution in [0, 0.1) is 0 Å². The molecule has 0 aliphatic carbocycles. The van der Waals surface area contributed by atoms with E-state index in [0.29, 0.717) is 24.1 Å². The van der Waals surface area contributed by atoms with Gasteiger partial charge in [-0.2, -0.15) is 0 Å². The van der Waals surface area contributed by atoms with E-state index in [0.717, 1.165) is 38.5 Å². The number of quaternary nitrogens is 1. The van der Waals surface area contributed by atoms with Crippen molar-refractivity contribution >= 4 is 13.8 Å². The smallest absolute Gasteiger partial charge is 0.306 e. The Morgan fingerprint density at radius 1 is 0.500 bits per heavy atom. The molecule has 0 aromatic rings. The van der Waals surface area contributed by atoms with Gasteiger partial charge in [-0.3, -0.25) is 9.36 Å². The number of likely N-dealkylation sites (N-methyl/N-ethyl adjacent to an activating group) is 1. The Morgan fingerprint density at radius 3 is 1.31 bits per heavy atom. The molecule has 0 saturated heterocycles. The predicted octanol–water partition coefficient (Wildman–Crippen LogP) is 15.7. The average Bonchev–Trinajstić information content (AvgIpc) is 3.23. The maximum absolute atomic E-state index is 12.8. The van der Waals surface area contributed by atoms with E-state index in [1.807, 2.05) is 21.1 Å². The molecule has 0 bridgehead atoms. The molecule has 368 valence electrons. The number of phosphoric acid groups is 1. The second-order valence-corrected chi connectivity index (χ2v) is 20.7. The van der Waals surface area contributed by atoms with Crippen molar-refractivity contribution < 1.29 is 37.3 Å². The standard InChI is InChI=1S/C53H104NO7P/c1-6-8-10-12-14-16-18-20-22-24-26-27-28-30-32-34-36-38-40-42-44-46-53(55)61-52(51-60-62(56,57)59-49-47-54(3,4)5)50-58-48-45-43-41-39-37-35-33-31-29-25-23-21-19-17-15-13-11-9-7-2/h18,20,24,26,52H,6-17,19,21-23,25,27-51H2,1-5H3/b20-18-,26-24-. The van der Waals surface area contributed by atoms with Crippen LogP contribution >= 0.6 is 7.82 Å². The third-order valence-corrected chi connectivity index (χ3v) is 12.7. The Hall–Kier alpha value is -1.02. The molecule has 0 aliphatic heterocycles. The molecule has 9 heteroatoms. The highest BCUT2D eigenvalue weighted by atomic mass is 31.2. The van der Waals surface area contributed by atoms with Gasteiger partial charge in [-0.1, -0.05) is 224 Å². The first kappa shape index (κ1) is 61.0. The van der Waals surface area contributed by atoms with Crippen molar-refractivity contribution in [2.24, 2.45) is 0 Å². The summed E-state index contributed by atoms with van der Waals surface area (Å²) in [5.74, 6) is -0.333. The number of nitrogens with zero attached hydrogens (tertiary/aromatic N) is 1. The minimum Gasteiger partial charge on any atom is -0.756 e. The molecule has 0 N–H and O–H groups in total. The van der Waals surface area contributed by atoms with Gasteiger partial charge in [-0.05, 0) is 44.9 Å². The molecule has 0 spiro atoms. The van der Waals surface area contributed by atoms with E-state index in [1.54, 1.807) is 0 Å². The van der Waals surface area contributed by atoms with Crippen LogP contribution in [0.3, 0.4) is 0 Å². The monoisotopic (exact) mass is 898 g/mol. The van der Waals surface area contributed by atoms with Crippen molar-refractivity contribution in [3.63, 3.8) is 0 Å². The molecule has 0 rings (SSSR count). The fraction of sp³-hybridized carbons (Fsp3) is 0.906. The van der Waals surface area contributed by atoms with Crippen LogP contribution in [0.1, 0.15) is 251 Å². The van der Waals surface area contributed by atoms with Gasteiger partial charge in [0.25, 0.3) is 7.82 Å². The van der Waals surface area contributed by atoms with E-state index in [1.165, 1.54) is 193 Å². The third-order valence-electron chi connectivity index (χ3n) is 11.8. The first-order valence-electron chi connectivity index (χ1n) is 26.6. The van der Waals surface area contributed by atoms with Crippen molar-refractivity contribution in [2.75, 3.05) is 54.1 Å². The number of phosphoric ester groups is 1. The average molecular weight is 898 g/mol. The molecule has 2 unspecified atom stereocenters. The quantitative estimate of drug-likeness (QED) is 0.0197. The molecule has 0 amide bonds. The normalized spacial score (nSPS) is 13.7. The van der Waals surface area contributed by atoms with E-state index in [-0.39, 0.29) is 25.8 Å². The molecular weight excluding hydrogens is 794 g/mol. The SMILES string of the molecule is CCCCCCC/C=C\C/C=C\CCCCCCCCCCCC(=O)OC(COCCCCCCCCCCCCCCCCCCCCC)COP(=O)([O-])OCC[N+](C)(C)C. The number of hydrogen-bond acceptors (Lipinski definition) is 7. The van der Waals surface area contributed by atoms with E-state index >= 15 is 0 Å². The van der Waals surface area contributed by atoms with Crippen molar-refractivity contribution in [1.29, 1.82) is 0 Å². The van der Waals surface area contributed by atoms with Crippen LogP contribution in [-0.2, 0) is 27.9 Å². The van der Waals surface area contributed by atoms with Crippen molar-refractivity contribution in [1.82, 2.24) is 0 Å². The van der Waals surface area contributed by atoms with Crippen LogP contribution in [0.4, 0.5) is 0 Å². The zero-order chi connectivity index (χ0) is 45.5. The van der Waals surface area contributed by atoms with Crippen molar-refractivity contribution in [3.8, 4) is 0 Å². The maximum atomic E-state index is 12.8. The summed E-state index contributed by atoms with van der Waals surface area (Å²) in [6.07, 6.45) is 54.8. The molecule has 0 saturated carbocycles. The van der Waals surface area contributed by atoms with E-state index in [9.17, 15) is 14.3 Å². The van der Waals surface area contributed by atoms with Gasteiger partial charge in [0.2, 0.25) is 0 Å². The van der Waals surface area contributed by atoms with Crippen LogP contribution < -0.4 is 4.89 Å². The van der Waals surface area contributed by atoms with E-state index in [4.69, 9.17) is 18.5 Å². The number of carbonyl (C=O) groups excluding carboxylic acids is 1. The molecule has 62 heavy (non-hydrogen) atoms. The van der Waals surface area contributed by atoms with Gasteiger partial charge in [0.05, 0.1) is 34.4 Å². The summed E-state index contributed by atoms with van der Waals surface area (Å²) in [6.45, 7) is 5.45. The number of esters is 1. The van der Waals surface area contributed by atoms with Crippen LogP contribution in [0.5, 0.6) is 0 Å².